The maximum atomic E-state index is 12.4. The Morgan fingerprint density at radius 3 is 2.10 bits per heavy atom. The van der Waals surface area contributed by atoms with Crippen LogP contribution in [-0.4, -0.2) is 24.6 Å². The lowest BCUT2D eigenvalue weighted by Crippen LogP contribution is -2.53. The molecule has 0 aliphatic rings. The first kappa shape index (κ1) is 17.0. The smallest absolute Gasteiger partial charge is 0.411 e. The van der Waals surface area contributed by atoms with Gasteiger partial charge in [-0.05, 0) is 45.9 Å². The summed E-state index contributed by atoms with van der Waals surface area (Å²) in [7, 11) is 1.28. The van der Waals surface area contributed by atoms with Crippen LogP contribution in [0.1, 0.15) is 27.7 Å². The van der Waals surface area contributed by atoms with Gasteiger partial charge in [0.2, 0.25) is 5.91 Å². The summed E-state index contributed by atoms with van der Waals surface area (Å²) in [6, 6.07) is 6.81. The first-order valence-electron chi connectivity index (χ1n) is 6.63. The zero-order chi connectivity index (χ0) is 16.3. The molecule has 0 bridgehead atoms. The number of hydrogen-bond acceptors (Lipinski definition) is 4. The number of rotatable bonds is 4. The molecule has 0 saturated heterocycles. The van der Waals surface area contributed by atoms with E-state index < -0.39 is 17.0 Å². The fourth-order valence-electron chi connectivity index (χ4n) is 1.42. The molecular weight excluding hydrogens is 270 g/mol. The van der Waals surface area contributed by atoms with Crippen molar-refractivity contribution in [1.82, 2.24) is 0 Å². The molecule has 0 saturated carbocycles. The van der Waals surface area contributed by atoms with E-state index in [0.717, 1.165) is 0 Å². The van der Waals surface area contributed by atoms with Gasteiger partial charge in [-0.2, -0.15) is 0 Å². The first-order valence-corrected chi connectivity index (χ1v) is 6.63. The fraction of sp³-hybridized carbons (Fsp3) is 0.467. The molecule has 0 heterocycles. The molecule has 6 heteroatoms. The van der Waals surface area contributed by atoms with Crippen LogP contribution in [0.15, 0.2) is 24.3 Å². The monoisotopic (exact) mass is 293 g/mol. The molecular formula is C15H23N3O3. The zero-order valence-corrected chi connectivity index (χ0v) is 13.1. The van der Waals surface area contributed by atoms with Crippen LogP contribution < -0.4 is 16.4 Å². The molecule has 0 unspecified atom stereocenters. The highest BCUT2D eigenvalue weighted by Crippen LogP contribution is 2.30. The van der Waals surface area contributed by atoms with Crippen molar-refractivity contribution < 1.29 is 14.3 Å². The summed E-state index contributed by atoms with van der Waals surface area (Å²) in [5, 5.41) is 5.35. The summed E-state index contributed by atoms with van der Waals surface area (Å²) in [5.41, 5.74) is 5.74. The normalized spacial score (nSPS) is 11.7. The molecule has 0 aliphatic heterocycles. The Kier molecular flexibility index (Phi) is 4.96. The highest BCUT2D eigenvalue weighted by atomic mass is 16.5. The van der Waals surface area contributed by atoms with E-state index in [1.165, 1.54) is 7.11 Å². The summed E-state index contributed by atoms with van der Waals surface area (Å²) in [6.07, 6.45) is -0.568. The molecule has 0 aliphatic carbocycles. The molecule has 1 rings (SSSR count). The Morgan fingerprint density at radius 2 is 1.62 bits per heavy atom. The topological polar surface area (TPSA) is 93.5 Å². The van der Waals surface area contributed by atoms with Gasteiger partial charge >= 0.3 is 6.09 Å². The Morgan fingerprint density at radius 1 is 1.10 bits per heavy atom. The van der Waals surface area contributed by atoms with E-state index >= 15 is 0 Å². The molecule has 6 nitrogen and oxygen atoms in total. The van der Waals surface area contributed by atoms with E-state index in [1.54, 1.807) is 38.1 Å². The standard InChI is InChI=1S/C15H23N3O3/c1-14(2,15(3,4)16)12(19)17-10-7-6-8-11(9-10)18-13(20)21-5/h6-9H,16H2,1-5H3,(H,17,19)(H,18,20). The predicted molar refractivity (Wildman–Crippen MR) is 83.1 cm³/mol. The minimum atomic E-state index is -0.751. The van der Waals surface area contributed by atoms with Gasteiger partial charge in [-0.25, -0.2) is 4.79 Å². The summed E-state index contributed by atoms with van der Waals surface area (Å²) < 4.78 is 4.52. The fourth-order valence-corrected chi connectivity index (χ4v) is 1.42. The van der Waals surface area contributed by atoms with Crippen molar-refractivity contribution in [1.29, 1.82) is 0 Å². The lowest BCUT2D eigenvalue weighted by molar-refractivity contribution is -0.126. The lowest BCUT2D eigenvalue weighted by Gasteiger charge is -2.36. The molecule has 1 aromatic carbocycles. The number of nitrogens with two attached hydrogens (primary N) is 1. The number of ether oxygens (including phenoxy) is 1. The van der Waals surface area contributed by atoms with Gasteiger partial charge in [-0.3, -0.25) is 10.1 Å². The Labute approximate surface area is 125 Å². The van der Waals surface area contributed by atoms with Crippen molar-refractivity contribution in [2.24, 2.45) is 11.1 Å². The SMILES string of the molecule is COC(=O)Nc1cccc(NC(=O)C(C)(C)C(C)(C)N)c1. The zero-order valence-electron chi connectivity index (χ0n) is 13.1. The maximum Gasteiger partial charge on any atom is 0.411 e. The summed E-state index contributed by atoms with van der Waals surface area (Å²) in [5.74, 6) is -0.190. The van der Waals surface area contributed by atoms with Crippen molar-refractivity contribution in [3.05, 3.63) is 24.3 Å². The quantitative estimate of drug-likeness (QED) is 0.795. The molecule has 2 amide bonds. The van der Waals surface area contributed by atoms with Crippen molar-refractivity contribution in [3.8, 4) is 0 Å². The van der Waals surface area contributed by atoms with E-state index in [9.17, 15) is 9.59 Å². The second-order valence-electron chi connectivity index (χ2n) is 6.00. The molecule has 0 radical (unpaired) electrons. The third-order valence-corrected chi connectivity index (χ3v) is 3.73. The van der Waals surface area contributed by atoms with E-state index in [1.807, 2.05) is 13.8 Å². The van der Waals surface area contributed by atoms with Crippen LogP contribution in [0.2, 0.25) is 0 Å². The number of benzene rings is 1. The van der Waals surface area contributed by atoms with Crippen LogP contribution in [0.3, 0.4) is 0 Å². The van der Waals surface area contributed by atoms with Crippen molar-refractivity contribution >= 4 is 23.4 Å². The van der Waals surface area contributed by atoms with Crippen LogP contribution in [0, 0.1) is 5.41 Å². The number of nitrogens with one attached hydrogen (secondary N) is 2. The van der Waals surface area contributed by atoms with Crippen LogP contribution >= 0.6 is 0 Å². The molecule has 21 heavy (non-hydrogen) atoms. The van der Waals surface area contributed by atoms with Crippen molar-refractivity contribution in [2.75, 3.05) is 17.7 Å². The third-order valence-electron chi connectivity index (χ3n) is 3.73. The summed E-state index contributed by atoms with van der Waals surface area (Å²) in [4.78, 5) is 23.5. The second kappa shape index (κ2) is 6.13. The average Bonchev–Trinajstić information content (AvgIpc) is 2.37. The third kappa shape index (κ3) is 4.19. The lowest BCUT2D eigenvalue weighted by atomic mass is 9.74. The van der Waals surface area contributed by atoms with E-state index in [4.69, 9.17) is 5.73 Å². The number of carbonyl (C=O) groups is 2. The molecule has 0 fully saturated rings. The molecule has 0 aromatic heterocycles. The van der Waals surface area contributed by atoms with Gasteiger partial charge in [0, 0.05) is 16.9 Å². The minimum absolute atomic E-state index is 0.190. The van der Waals surface area contributed by atoms with Gasteiger partial charge in [0.25, 0.3) is 0 Å². The highest BCUT2D eigenvalue weighted by molar-refractivity contribution is 5.96. The van der Waals surface area contributed by atoms with Gasteiger partial charge < -0.3 is 15.8 Å². The minimum Gasteiger partial charge on any atom is -0.453 e. The first-order chi connectivity index (χ1) is 9.57. The number of anilines is 2. The summed E-state index contributed by atoms with van der Waals surface area (Å²) >= 11 is 0. The van der Waals surface area contributed by atoms with Gasteiger partial charge in [-0.15, -0.1) is 0 Å². The van der Waals surface area contributed by atoms with Crippen LogP contribution in [0.25, 0.3) is 0 Å². The molecule has 0 spiro atoms. The predicted octanol–water partition coefficient (Wildman–Crippen LogP) is 2.57. The number of carbonyl (C=O) groups excluding carboxylic acids is 2. The van der Waals surface area contributed by atoms with E-state index in [2.05, 4.69) is 15.4 Å². The van der Waals surface area contributed by atoms with Crippen molar-refractivity contribution in [3.63, 3.8) is 0 Å². The van der Waals surface area contributed by atoms with Gasteiger partial charge in [0.1, 0.15) is 0 Å². The molecule has 1 aromatic rings. The van der Waals surface area contributed by atoms with E-state index in [0.29, 0.717) is 11.4 Å². The van der Waals surface area contributed by atoms with Crippen molar-refractivity contribution in [2.45, 2.75) is 33.2 Å². The highest BCUT2D eigenvalue weighted by Gasteiger charge is 2.40. The van der Waals surface area contributed by atoms with Crippen LogP contribution in [0.5, 0.6) is 0 Å². The summed E-state index contributed by atoms with van der Waals surface area (Å²) in [6.45, 7) is 7.20. The van der Waals surface area contributed by atoms with Gasteiger partial charge in [0.05, 0.1) is 12.5 Å². The van der Waals surface area contributed by atoms with Crippen LogP contribution in [-0.2, 0) is 9.53 Å². The number of amides is 2. The Balaban J connectivity index is 2.87. The second-order valence-corrected chi connectivity index (χ2v) is 6.00. The van der Waals surface area contributed by atoms with E-state index in [-0.39, 0.29) is 5.91 Å². The van der Waals surface area contributed by atoms with Gasteiger partial charge in [0.15, 0.2) is 0 Å². The number of methoxy groups -OCH3 is 1. The van der Waals surface area contributed by atoms with Crippen LogP contribution in [0.4, 0.5) is 16.2 Å². The Hall–Kier alpha value is -2.08. The van der Waals surface area contributed by atoms with Gasteiger partial charge in [-0.1, -0.05) is 6.07 Å². The largest absolute Gasteiger partial charge is 0.453 e. The average molecular weight is 293 g/mol. The number of hydrogen-bond donors (Lipinski definition) is 3. The molecule has 116 valence electrons. The Bertz CT molecular complexity index is 533. The maximum absolute atomic E-state index is 12.4. The molecule has 4 N–H and O–H groups in total. The molecule has 0 atom stereocenters.